The first-order chi connectivity index (χ1) is 12.5. The molecule has 0 aliphatic heterocycles. The highest BCUT2D eigenvalue weighted by molar-refractivity contribution is 6.39. The summed E-state index contributed by atoms with van der Waals surface area (Å²) < 4.78 is 4.65. The smallest absolute Gasteiger partial charge is 0.355 e. The van der Waals surface area contributed by atoms with Crippen molar-refractivity contribution in [1.29, 1.82) is 5.26 Å². The second-order valence-corrected chi connectivity index (χ2v) is 5.50. The highest BCUT2D eigenvalue weighted by Crippen LogP contribution is 2.20. The van der Waals surface area contributed by atoms with Crippen molar-refractivity contribution in [2.45, 2.75) is 5.92 Å². The van der Waals surface area contributed by atoms with E-state index >= 15 is 0 Å². The van der Waals surface area contributed by atoms with E-state index in [4.69, 9.17) is 11.6 Å². The molecule has 0 bridgehead atoms. The number of para-hydroxylation sites is 1. The Bertz CT molecular complexity index is 888. The van der Waals surface area contributed by atoms with Crippen LogP contribution >= 0.6 is 11.6 Å². The van der Waals surface area contributed by atoms with Crippen LogP contribution in [0.5, 0.6) is 5.75 Å². The fraction of sp³-hybridized carbons (Fsp3) is 0.111. The Balaban J connectivity index is 2.34. The van der Waals surface area contributed by atoms with Crippen LogP contribution in [0, 0.1) is 11.3 Å². The lowest BCUT2D eigenvalue weighted by atomic mass is 9.95. The number of rotatable bonds is 5. The summed E-state index contributed by atoms with van der Waals surface area (Å²) in [5.41, 5.74) is 2.29. The average Bonchev–Trinajstić information content (AvgIpc) is 2.65. The third kappa shape index (κ3) is 4.37. The fourth-order valence-corrected chi connectivity index (χ4v) is 2.24. The lowest BCUT2D eigenvalue weighted by Gasteiger charge is -2.12. The number of nitriles is 1. The van der Waals surface area contributed by atoms with Gasteiger partial charge in [0.25, 0.3) is 5.91 Å². The summed E-state index contributed by atoms with van der Waals surface area (Å²) in [6.45, 7) is 0. The predicted octanol–water partition coefficient (Wildman–Crippen LogP) is 2.61. The van der Waals surface area contributed by atoms with Gasteiger partial charge in [0, 0.05) is 5.02 Å². The van der Waals surface area contributed by atoms with Crippen LogP contribution in [-0.2, 0) is 9.53 Å². The van der Waals surface area contributed by atoms with E-state index < -0.39 is 17.8 Å². The van der Waals surface area contributed by atoms with E-state index in [9.17, 15) is 20.0 Å². The number of phenolic OH excluding ortho intramolecular Hbond substituents is 1. The van der Waals surface area contributed by atoms with E-state index in [0.29, 0.717) is 10.6 Å². The van der Waals surface area contributed by atoms with Crippen LogP contribution in [0.1, 0.15) is 21.8 Å². The van der Waals surface area contributed by atoms with Crippen LogP contribution in [-0.4, -0.2) is 29.8 Å². The molecule has 26 heavy (non-hydrogen) atoms. The van der Waals surface area contributed by atoms with Crippen molar-refractivity contribution in [3.8, 4) is 11.8 Å². The topological polar surface area (TPSA) is 112 Å². The maximum absolute atomic E-state index is 12.1. The number of halogens is 1. The molecular formula is C18H14ClN3O4. The minimum atomic E-state index is -1.08. The standard InChI is InChI=1S/C18H14ClN3O4/c1-26-18(25)16(14(10-20)11-6-8-12(19)9-7-11)21-22-17(24)13-4-2-3-5-15(13)23/h2-9,14,23H,1H3,(H,22,24)/b21-16-. The third-order valence-electron chi connectivity index (χ3n) is 3.43. The van der Waals surface area contributed by atoms with Crippen LogP contribution in [0.3, 0.4) is 0 Å². The number of hydrazone groups is 1. The number of aromatic hydroxyl groups is 1. The van der Waals surface area contributed by atoms with Crippen molar-refractivity contribution in [2.75, 3.05) is 7.11 Å². The first kappa shape index (κ1) is 19.0. The van der Waals surface area contributed by atoms with E-state index in [0.717, 1.165) is 7.11 Å². The predicted molar refractivity (Wildman–Crippen MR) is 94.8 cm³/mol. The molecule has 0 spiro atoms. The molecule has 0 radical (unpaired) electrons. The van der Waals surface area contributed by atoms with Gasteiger partial charge in [-0.2, -0.15) is 10.4 Å². The molecule has 132 valence electrons. The van der Waals surface area contributed by atoms with E-state index in [1.807, 2.05) is 6.07 Å². The molecule has 1 amide bonds. The first-order valence-corrected chi connectivity index (χ1v) is 7.75. The summed E-state index contributed by atoms with van der Waals surface area (Å²) in [5, 5.41) is 23.4. The summed E-state index contributed by atoms with van der Waals surface area (Å²) in [6.07, 6.45) is 0. The normalized spacial score (nSPS) is 12.0. The first-order valence-electron chi connectivity index (χ1n) is 7.37. The zero-order valence-corrected chi connectivity index (χ0v) is 14.4. The number of hydrogen-bond donors (Lipinski definition) is 2. The molecule has 0 aliphatic rings. The molecule has 2 rings (SSSR count). The molecule has 1 atom stereocenters. The average molecular weight is 372 g/mol. The van der Waals surface area contributed by atoms with E-state index in [1.54, 1.807) is 36.4 Å². The molecule has 1 unspecified atom stereocenters. The number of phenols is 1. The summed E-state index contributed by atoms with van der Waals surface area (Å²) in [4.78, 5) is 24.2. The number of nitrogens with one attached hydrogen (secondary N) is 1. The van der Waals surface area contributed by atoms with E-state index in [2.05, 4.69) is 15.3 Å². The molecule has 0 fully saturated rings. The number of esters is 1. The van der Waals surface area contributed by atoms with Gasteiger partial charge in [-0.15, -0.1) is 0 Å². The van der Waals surface area contributed by atoms with Gasteiger partial charge in [-0.25, -0.2) is 10.2 Å². The van der Waals surface area contributed by atoms with Gasteiger partial charge < -0.3 is 9.84 Å². The summed E-state index contributed by atoms with van der Waals surface area (Å²) in [6, 6.07) is 14.1. The van der Waals surface area contributed by atoms with Crippen LogP contribution in [0.25, 0.3) is 0 Å². The third-order valence-corrected chi connectivity index (χ3v) is 3.68. The molecule has 2 aromatic carbocycles. The quantitative estimate of drug-likeness (QED) is 0.476. The monoisotopic (exact) mass is 371 g/mol. The van der Waals surface area contributed by atoms with Crippen molar-refractivity contribution < 1.29 is 19.4 Å². The Morgan fingerprint density at radius 1 is 1.23 bits per heavy atom. The lowest BCUT2D eigenvalue weighted by molar-refractivity contribution is -0.132. The number of benzene rings is 2. The minimum Gasteiger partial charge on any atom is -0.507 e. The van der Waals surface area contributed by atoms with Gasteiger partial charge in [0.05, 0.1) is 18.7 Å². The van der Waals surface area contributed by atoms with Gasteiger partial charge in [0.2, 0.25) is 0 Å². The second kappa shape index (κ2) is 8.65. The van der Waals surface area contributed by atoms with Gasteiger partial charge in [-0.1, -0.05) is 35.9 Å². The molecule has 0 aliphatic carbocycles. The van der Waals surface area contributed by atoms with Crippen molar-refractivity contribution >= 4 is 29.2 Å². The van der Waals surface area contributed by atoms with Gasteiger partial charge >= 0.3 is 5.97 Å². The summed E-state index contributed by atoms with van der Waals surface area (Å²) in [5.74, 6) is -2.93. The van der Waals surface area contributed by atoms with E-state index in [-0.39, 0.29) is 17.0 Å². The van der Waals surface area contributed by atoms with Crippen molar-refractivity contribution in [3.05, 3.63) is 64.7 Å². The zero-order chi connectivity index (χ0) is 19.1. The molecule has 0 aromatic heterocycles. The summed E-state index contributed by atoms with van der Waals surface area (Å²) in [7, 11) is 1.14. The number of amides is 1. The Labute approximate surface area is 154 Å². The van der Waals surface area contributed by atoms with Gasteiger partial charge in [0.1, 0.15) is 11.7 Å². The van der Waals surface area contributed by atoms with Crippen molar-refractivity contribution in [3.63, 3.8) is 0 Å². The molecule has 8 heteroatoms. The molecule has 2 aromatic rings. The largest absolute Gasteiger partial charge is 0.507 e. The van der Waals surface area contributed by atoms with Gasteiger partial charge in [-0.3, -0.25) is 4.79 Å². The molecular weight excluding hydrogens is 358 g/mol. The fourth-order valence-electron chi connectivity index (χ4n) is 2.12. The number of carbonyl (C=O) groups is 2. The van der Waals surface area contributed by atoms with Crippen molar-refractivity contribution in [2.24, 2.45) is 5.10 Å². The molecule has 0 heterocycles. The number of ether oxygens (including phenoxy) is 1. The number of methoxy groups -OCH3 is 1. The second-order valence-electron chi connectivity index (χ2n) is 5.06. The lowest BCUT2D eigenvalue weighted by Crippen LogP contribution is -2.28. The van der Waals surface area contributed by atoms with Crippen LogP contribution in [0.2, 0.25) is 5.02 Å². The highest BCUT2D eigenvalue weighted by atomic mass is 35.5. The molecule has 0 saturated carbocycles. The maximum Gasteiger partial charge on any atom is 0.355 e. The Morgan fingerprint density at radius 3 is 2.46 bits per heavy atom. The van der Waals surface area contributed by atoms with Crippen LogP contribution in [0.4, 0.5) is 0 Å². The van der Waals surface area contributed by atoms with E-state index in [1.165, 1.54) is 12.1 Å². The van der Waals surface area contributed by atoms with Gasteiger partial charge in [0.15, 0.2) is 5.71 Å². The molecule has 2 N–H and O–H groups in total. The number of nitrogens with zero attached hydrogens (tertiary/aromatic N) is 2. The zero-order valence-electron chi connectivity index (χ0n) is 13.6. The molecule has 7 nitrogen and oxygen atoms in total. The van der Waals surface area contributed by atoms with Crippen LogP contribution < -0.4 is 5.43 Å². The Morgan fingerprint density at radius 2 is 1.88 bits per heavy atom. The highest BCUT2D eigenvalue weighted by Gasteiger charge is 2.26. The minimum absolute atomic E-state index is 0.0273. The summed E-state index contributed by atoms with van der Waals surface area (Å²) >= 11 is 5.83. The molecule has 0 saturated heterocycles. The van der Waals surface area contributed by atoms with Crippen molar-refractivity contribution in [1.82, 2.24) is 5.43 Å². The number of hydrogen-bond acceptors (Lipinski definition) is 6. The SMILES string of the molecule is COC(=O)/C(=N\NC(=O)c1ccccc1O)C(C#N)c1ccc(Cl)cc1. The Hall–Kier alpha value is -3.37. The number of carbonyl (C=O) groups excluding carboxylic acids is 2. The maximum atomic E-state index is 12.1. The van der Waals surface area contributed by atoms with Crippen LogP contribution in [0.15, 0.2) is 53.6 Å². The van der Waals surface area contributed by atoms with Gasteiger partial charge in [-0.05, 0) is 29.8 Å². The Kier molecular flexibility index (Phi) is 6.31.